The molecule has 0 saturated carbocycles. The summed E-state index contributed by atoms with van der Waals surface area (Å²) in [6.07, 6.45) is 2.81. The summed E-state index contributed by atoms with van der Waals surface area (Å²) in [6, 6.07) is 2.11. The number of thiophene rings is 1. The van der Waals surface area contributed by atoms with Crippen LogP contribution in [-0.4, -0.2) is 35.7 Å². The van der Waals surface area contributed by atoms with Crippen LogP contribution in [0.15, 0.2) is 15.9 Å². The maximum Gasteiger partial charge on any atom is 0.0822 e. The topological polar surface area (TPSA) is 23.5 Å². The van der Waals surface area contributed by atoms with Crippen LogP contribution in [0, 0.1) is 0 Å². The van der Waals surface area contributed by atoms with Gasteiger partial charge in [-0.05, 0) is 48.4 Å². The predicted molar refractivity (Wildman–Crippen MR) is 67.4 cm³/mol. The molecule has 1 unspecified atom stereocenters. The van der Waals surface area contributed by atoms with Gasteiger partial charge in [-0.3, -0.25) is 0 Å². The Morgan fingerprint density at radius 2 is 2.47 bits per heavy atom. The molecule has 0 spiro atoms. The molecular formula is C11H16BrNOS. The Morgan fingerprint density at radius 3 is 3.07 bits per heavy atom. The zero-order valence-corrected chi connectivity index (χ0v) is 11.3. The van der Waals surface area contributed by atoms with Gasteiger partial charge in [0.05, 0.1) is 5.60 Å². The molecule has 1 aliphatic rings. The van der Waals surface area contributed by atoms with Gasteiger partial charge in [0.1, 0.15) is 0 Å². The fourth-order valence-corrected chi connectivity index (χ4v) is 3.84. The molecule has 1 fully saturated rings. The number of rotatable bonds is 2. The lowest BCUT2D eigenvalue weighted by Gasteiger charge is -2.37. The second-order valence-corrected chi connectivity index (χ2v) is 6.39. The molecule has 1 aromatic heterocycles. The van der Waals surface area contributed by atoms with Gasteiger partial charge in [0, 0.05) is 27.7 Å². The van der Waals surface area contributed by atoms with Gasteiger partial charge < -0.3 is 10.0 Å². The first-order valence-electron chi connectivity index (χ1n) is 5.21. The maximum atomic E-state index is 10.5. The van der Waals surface area contributed by atoms with E-state index in [1.54, 1.807) is 11.3 Å². The maximum absolute atomic E-state index is 10.5. The molecule has 0 radical (unpaired) electrons. The Labute approximate surface area is 103 Å². The fraction of sp³-hybridized carbons (Fsp3) is 0.636. The van der Waals surface area contributed by atoms with E-state index in [0.717, 1.165) is 36.8 Å². The Balaban J connectivity index is 2.03. The number of hydrogen-bond donors (Lipinski definition) is 1. The Kier molecular flexibility index (Phi) is 3.50. The van der Waals surface area contributed by atoms with Crippen molar-refractivity contribution in [1.82, 2.24) is 4.90 Å². The normalized spacial score (nSPS) is 28.2. The highest BCUT2D eigenvalue weighted by Gasteiger charge is 2.32. The quantitative estimate of drug-likeness (QED) is 0.904. The third kappa shape index (κ3) is 3.03. The average molecular weight is 290 g/mol. The van der Waals surface area contributed by atoms with Crippen molar-refractivity contribution < 1.29 is 5.11 Å². The third-order valence-electron chi connectivity index (χ3n) is 2.87. The van der Waals surface area contributed by atoms with E-state index in [-0.39, 0.29) is 0 Å². The van der Waals surface area contributed by atoms with Crippen molar-refractivity contribution in [3.05, 3.63) is 20.8 Å². The summed E-state index contributed by atoms with van der Waals surface area (Å²) in [4.78, 5) is 3.48. The Morgan fingerprint density at radius 1 is 1.67 bits per heavy atom. The molecule has 4 heteroatoms. The summed E-state index contributed by atoms with van der Waals surface area (Å²) in [7, 11) is 2.08. The number of aliphatic hydroxyl groups is 1. The number of hydrogen-bond acceptors (Lipinski definition) is 3. The second kappa shape index (κ2) is 4.53. The van der Waals surface area contributed by atoms with Crippen LogP contribution in [0.5, 0.6) is 0 Å². The highest BCUT2D eigenvalue weighted by molar-refractivity contribution is 9.10. The van der Waals surface area contributed by atoms with Gasteiger partial charge in [0.15, 0.2) is 0 Å². The lowest BCUT2D eigenvalue weighted by atomic mass is 9.89. The highest BCUT2D eigenvalue weighted by atomic mass is 79.9. The number of halogens is 1. The van der Waals surface area contributed by atoms with E-state index in [4.69, 9.17) is 0 Å². The van der Waals surface area contributed by atoms with Gasteiger partial charge in [0.25, 0.3) is 0 Å². The van der Waals surface area contributed by atoms with Crippen molar-refractivity contribution in [2.45, 2.75) is 24.9 Å². The van der Waals surface area contributed by atoms with E-state index >= 15 is 0 Å². The smallest absolute Gasteiger partial charge is 0.0822 e. The summed E-state index contributed by atoms with van der Waals surface area (Å²) in [5.41, 5.74) is -0.517. The van der Waals surface area contributed by atoms with Crippen molar-refractivity contribution in [1.29, 1.82) is 0 Å². The number of nitrogens with zero attached hydrogens (tertiary/aromatic N) is 1. The van der Waals surface area contributed by atoms with Crippen molar-refractivity contribution >= 4 is 27.3 Å². The number of likely N-dealkylation sites (tertiary alicyclic amines) is 1. The first kappa shape index (κ1) is 11.6. The molecule has 2 heterocycles. The molecule has 2 nitrogen and oxygen atoms in total. The second-order valence-electron chi connectivity index (χ2n) is 4.47. The molecule has 1 atom stereocenters. The van der Waals surface area contributed by atoms with E-state index < -0.39 is 5.60 Å². The Hall–Kier alpha value is 0.1000. The molecule has 0 aromatic carbocycles. The van der Waals surface area contributed by atoms with Crippen LogP contribution in [0.2, 0.25) is 0 Å². The minimum absolute atomic E-state index is 0.517. The van der Waals surface area contributed by atoms with Crippen LogP contribution < -0.4 is 0 Å². The Bertz CT molecular complexity index is 341. The molecule has 1 aromatic rings. The predicted octanol–water partition coefficient (Wildman–Crippen LogP) is 2.51. The van der Waals surface area contributed by atoms with Gasteiger partial charge in [-0.25, -0.2) is 0 Å². The van der Waals surface area contributed by atoms with Crippen LogP contribution in [0.4, 0.5) is 0 Å². The van der Waals surface area contributed by atoms with Gasteiger partial charge in [-0.2, -0.15) is 0 Å². The summed E-state index contributed by atoms with van der Waals surface area (Å²) < 4.78 is 1.12. The summed E-state index contributed by atoms with van der Waals surface area (Å²) in [6.45, 7) is 1.90. The van der Waals surface area contributed by atoms with Crippen LogP contribution in [0.1, 0.15) is 17.7 Å². The molecule has 84 valence electrons. The van der Waals surface area contributed by atoms with E-state index in [9.17, 15) is 5.11 Å². The number of likely N-dealkylation sites (N-methyl/N-ethyl adjacent to an activating group) is 1. The minimum Gasteiger partial charge on any atom is -0.388 e. The first-order chi connectivity index (χ1) is 7.07. The van der Waals surface area contributed by atoms with Gasteiger partial charge in [-0.1, -0.05) is 0 Å². The lowest BCUT2D eigenvalue weighted by Crippen LogP contribution is -2.47. The molecular weight excluding hydrogens is 274 g/mol. The van der Waals surface area contributed by atoms with Crippen LogP contribution in [0.3, 0.4) is 0 Å². The van der Waals surface area contributed by atoms with Crippen LogP contribution in [0.25, 0.3) is 0 Å². The van der Waals surface area contributed by atoms with E-state index in [1.807, 2.05) is 0 Å². The first-order valence-corrected chi connectivity index (χ1v) is 6.88. The van der Waals surface area contributed by atoms with E-state index in [2.05, 4.69) is 39.3 Å². The lowest BCUT2D eigenvalue weighted by molar-refractivity contribution is -0.0218. The van der Waals surface area contributed by atoms with Crippen molar-refractivity contribution in [3.63, 3.8) is 0 Å². The standard InChI is InChI=1S/C11H16BrNOS/c1-13-4-2-3-11(14,8-13)6-10-5-9(12)7-15-10/h5,7,14H,2-4,6,8H2,1H3. The molecule has 0 amide bonds. The number of β-amino-alcohol motifs (C(OH)–C–C–N with tert-alkyl or cyclic N) is 1. The molecule has 0 aliphatic carbocycles. The van der Waals surface area contributed by atoms with Crippen LogP contribution in [-0.2, 0) is 6.42 Å². The summed E-state index contributed by atoms with van der Waals surface area (Å²) in [5.74, 6) is 0. The van der Waals surface area contributed by atoms with Crippen LogP contribution >= 0.6 is 27.3 Å². The monoisotopic (exact) mass is 289 g/mol. The third-order valence-corrected chi connectivity index (χ3v) is 4.57. The number of piperidine rings is 1. The SMILES string of the molecule is CN1CCCC(O)(Cc2cc(Br)cs2)C1. The molecule has 1 saturated heterocycles. The molecule has 1 aliphatic heterocycles. The molecule has 1 N–H and O–H groups in total. The average Bonchev–Trinajstić information content (AvgIpc) is 2.49. The van der Waals surface area contributed by atoms with E-state index in [0.29, 0.717) is 0 Å². The minimum atomic E-state index is -0.517. The zero-order valence-electron chi connectivity index (χ0n) is 8.87. The summed E-state index contributed by atoms with van der Waals surface area (Å²) >= 11 is 5.16. The molecule has 2 rings (SSSR count). The van der Waals surface area contributed by atoms with Gasteiger partial charge >= 0.3 is 0 Å². The largest absolute Gasteiger partial charge is 0.388 e. The molecule has 0 bridgehead atoms. The van der Waals surface area contributed by atoms with Crippen molar-refractivity contribution in [3.8, 4) is 0 Å². The highest BCUT2D eigenvalue weighted by Crippen LogP contribution is 2.28. The van der Waals surface area contributed by atoms with E-state index in [1.165, 1.54) is 4.88 Å². The summed E-state index contributed by atoms with van der Waals surface area (Å²) in [5, 5.41) is 12.5. The van der Waals surface area contributed by atoms with Crippen molar-refractivity contribution in [2.75, 3.05) is 20.1 Å². The zero-order chi connectivity index (χ0) is 10.9. The van der Waals surface area contributed by atoms with Gasteiger partial charge in [0.2, 0.25) is 0 Å². The van der Waals surface area contributed by atoms with Crippen molar-refractivity contribution in [2.24, 2.45) is 0 Å². The molecule has 15 heavy (non-hydrogen) atoms. The fourth-order valence-electron chi connectivity index (χ4n) is 2.25. The van der Waals surface area contributed by atoms with Gasteiger partial charge in [-0.15, -0.1) is 11.3 Å².